The highest BCUT2D eigenvalue weighted by atomic mass is 16.5. The van der Waals surface area contributed by atoms with Crippen LogP contribution in [-0.4, -0.2) is 28.1 Å². The largest absolute Gasteiger partial charge is 0.388 e. The predicted molar refractivity (Wildman–Crippen MR) is 72.1 cm³/mol. The minimum Gasteiger partial charge on any atom is -0.388 e. The van der Waals surface area contributed by atoms with Gasteiger partial charge in [0.25, 0.3) is 0 Å². The van der Waals surface area contributed by atoms with E-state index in [1.54, 1.807) is 10.9 Å². The summed E-state index contributed by atoms with van der Waals surface area (Å²) in [5.41, 5.74) is 1.86. The molecule has 0 radical (unpaired) electrons. The number of hydrogen-bond donors (Lipinski definition) is 1. The van der Waals surface area contributed by atoms with E-state index in [2.05, 4.69) is 5.10 Å². The summed E-state index contributed by atoms with van der Waals surface area (Å²) in [6, 6.07) is 9.91. The number of aliphatic hydroxyl groups excluding tert-OH is 1. The molecule has 2 unspecified atom stereocenters. The highest BCUT2D eigenvalue weighted by Crippen LogP contribution is 2.28. The molecule has 2 aromatic rings. The zero-order valence-corrected chi connectivity index (χ0v) is 10.8. The zero-order chi connectivity index (χ0) is 13.1. The lowest BCUT2D eigenvalue weighted by molar-refractivity contribution is -0.00997. The molecule has 19 heavy (non-hydrogen) atoms. The van der Waals surface area contributed by atoms with Gasteiger partial charge in [0.15, 0.2) is 0 Å². The molecule has 1 aromatic carbocycles. The maximum atomic E-state index is 10.4. The molecular formula is C15H18N2O2. The molecule has 0 spiro atoms. The molecule has 1 saturated heterocycles. The van der Waals surface area contributed by atoms with Gasteiger partial charge in [-0.05, 0) is 25.0 Å². The topological polar surface area (TPSA) is 47.3 Å². The second-order valence-corrected chi connectivity index (χ2v) is 4.98. The second-order valence-electron chi connectivity index (χ2n) is 4.98. The molecule has 100 valence electrons. The highest BCUT2D eigenvalue weighted by molar-refractivity contribution is 5.31. The lowest BCUT2D eigenvalue weighted by Crippen LogP contribution is -2.23. The maximum absolute atomic E-state index is 10.4. The summed E-state index contributed by atoms with van der Waals surface area (Å²) in [6.45, 7) is 1.45. The van der Waals surface area contributed by atoms with E-state index in [0.29, 0.717) is 6.61 Å². The fourth-order valence-corrected chi connectivity index (χ4v) is 2.50. The molecule has 4 heteroatoms. The lowest BCUT2D eigenvalue weighted by atomic mass is 9.93. The summed E-state index contributed by atoms with van der Waals surface area (Å²) in [5, 5.41) is 14.7. The fraction of sp³-hybridized carbons (Fsp3) is 0.400. The normalized spacial score (nSPS) is 21.2. The van der Waals surface area contributed by atoms with Gasteiger partial charge in [-0.3, -0.25) is 0 Å². The van der Waals surface area contributed by atoms with Gasteiger partial charge >= 0.3 is 0 Å². The van der Waals surface area contributed by atoms with Crippen molar-refractivity contribution in [1.29, 1.82) is 0 Å². The first kappa shape index (κ1) is 12.4. The van der Waals surface area contributed by atoms with Gasteiger partial charge in [-0.15, -0.1) is 0 Å². The van der Waals surface area contributed by atoms with E-state index in [9.17, 15) is 5.11 Å². The standard InChI is InChI=1S/C15H18N2O2/c18-15(12-5-4-8-19-11-12)13-9-16-17(10-13)14-6-2-1-3-7-14/h1-3,6-7,9-10,12,15,18H,4-5,8,11H2. The lowest BCUT2D eigenvalue weighted by Gasteiger charge is -2.25. The molecular weight excluding hydrogens is 240 g/mol. The van der Waals surface area contributed by atoms with E-state index in [-0.39, 0.29) is 5.92 Å². The third-order valence-electron chi connectivity index (χ3n) is 3.61. The van der Waals surface area contributed by atoms with Crippen LogP contribution in [0.15, 0.2) is 42.7 Å². The minimum absolute atomic E-state index is 0.183. The number of rotatable bonds is 3. The summed E-state index contributed by atoms with van der Waals surface area (Å²) in [7, 11) is 0. The Kier molecular flexibility index (Phi) is 3.62. The Morgan fingerprint density at radius 3 is 2.89 bits per heavy atom. The van der Waals surface area contributed by atoms with E-state index < -0.39 is 6.10 Å². The Balaban J connectivity index is 1.77. The van der Waals surface area contributed by atoms with Crippen molar-refractivity contribution >= 4 is 0 Å². The maximum Gasteiger partial charge on any atom is 0.0870 e. The number of aliphatic hydroxyl groups is 1. The SMILES string of the molecule is OC(c1cnn(-c2ccccc2)c1)C1CCCOC1. The first-order valence-corrected chi connectivity index (χ1v) is 6.70. The molecule has 0 saturated carbocycles. The molecule has 1 fully saturated rings. The molecule has 0 amide bonds. The van der Waals surface area contributed by atoms with Crippen molar-refractivity contribution in [3.05, 3.63) is 48.3 Å². The monoisotopic (exact) mass is 258 g/mol. The van der Waals surface area contributed by atoms with E-state index >= 15 is 0 Å². The third kappa shape index (κ3) is 2.69. The van der Waals surface area contributed by atoms with Gasteiger partial charge in [0, 0.05) is 24.3 Å². The average Bonchev–Trinajstić information content (AvgIpc) is 2.98. The van der Waals surface area contributed by atoms with E-state index in [1.807, 2.05) is 36.5 Å². The minimum atomic E-state index is -0.488. The van der Waals surface area contributed by atoms with Crippen LogP contribution in [0.3, 0.4) is 0 Å². The van der Waals surface area contributed by atoms with Gasteiger partial charge in [0.05, 0.1) is 24.6 Å². The van der Waals surface area contributed by atoms with Gasteiger partial charge < -0.3 is 9.84 Å². The number of hydrogen-bond acceptors (Lipinski definition) is 3. The van der Waals surface area contributed by atoms with E-state index in [0.717, 1.165) is 30.7 Å². The Morgan fingerprint density at radius 2 is 2.16 bits per heavy atom. The molecule has 0 bridgehead atoms. The highest BCUT2D eigenvalue weighted by Gasteiger charge is 2.24. The van der Waals surface area contributed by atoms with Crippen LogP contribution in [-0.2, 0) is 4.74 Å². The fourth-order valence-electron chi connectivity index (χ4n) is 2.50. The zero-order valence-electron chi connectivity index (χ0n) is 10.8. The van der Waals surface area contributed by atoms with E-state index in [1.165, 1.54) is 0 Å². The smallest absolute Gasteiger partial charge is 0.0870 e. The van der Waals surface area contributed by atoms with Crippen molar-refractivity contribution in [3.63, 3.8) is 0 Å². The Morgan fingerprint density at radius 1 is 1.32 bits per heavy atom. The summed E-state index contributed by atoms with van der Waals surface area (Å²) in [6.07, 6.45) is 5.19. The Labute approximate surface area is 112 Å². The molecule has 2 atom stereocenters. The van der Waals surface area contributed by atoms with Crippen molar-refractivity contribution < 1.29 is 9.84 Å². The van der Waals surface area contributed by atoms with Crippen LogP contribution >= 0.6 is 0 Å². The van der Waals surface area contributed by atoms with Crippen LogP contribution < -0.4 is 0 Å². The molecule has 1 N–H and O–H groups in total. The molecule has 4 nitrogen and oxygen atoms in total. The number of aromatic nitrogens is 2. The first-order valence-electron chi connectivity index (χ1n) is 6.70. The second kappa shape index (κ2) is 5.55. The van der Waals surface area contributed by atoms with Crippen LogP contribution in [0.25, 0.3) is 5.69 Å². The van der Waals surface area contributed by atoms with Crippen LogP contribution in [0.1, 0.15) is 24.5 Å². The summed E-state index contributed by atoms with van der Waals surface area (Å²) >= 11 is 0. The molecule has 1 aliphatic rings. The number of nitrogens with zero attached hydrogens (tertiary/aromatic N) is 2. The van der Waals surface area contributed by atoms with Crippen molar-refractivity contribution in [3.8, 4) is 5.69 Å². The summed E-state index contributed by atoms with van der Waals surface area (Å²) in [4.78, 5) is 0. The Hall–Kier alpha value is -1.65. The summed E-state index contributed by atoms with van der Waals surface area (Å²) in [5.74, 6) is 0.183. The van der Waals surface area contributed by atoms with Crippen molar-refractivity contribution in [2.45, 2.75) is 18.9 Å². The van der Waals surface area contributed by atoms with Crippen molar-refractivity contribution in [1.82, 2.24) is 9.78 Å². The molecule has 2 heterocycles. The number of ether oxygens (including phenoxy) is 1. The predicted octanol–water partition coefficient (Wildman–Crippen LogP) is 2.33. The summed E-state index contributed by atoms with van der Waals surface area (Å²) < 4.78 is 7.22. The van der Waals surface area contributed by atoms with Crippen molar-refractivity contribution in [2.75, 3.05) is 13.2 Å². The van der Waals surface area contributed by atoms with Crippen LogP contribution in [0.4, 0.5) is 0 Å². The average molecular weight is 258 g/mol. The van der Waals surface area contributed by atoms with Gasteiger partial charge in [0.1, 0.15) is 0 Å². The Bertz CT molecular complexity index is 518. The first-order chi connectivity index (χ1) is 9.34. The molecule has 1 aliphatic heterocycles. The number of para-hydroxylation sites is 1. The number of benzene rings is 1. The third-order valence-corrected chi connectivity index (χ3v) is 3.61. The quantitative estimate of drug-likeness (QED) is 0.919. The van der Waals surface area contributed by atoms with Gasteiger partial charge in [-0.25, -0.2) is 4.68 Å². The molecule has 1 aromatic heterocycles. The van der Waals surface area contributed by atoms with Crippen LogP contribution in [0.2, 0.25) is 0 Å². The molecule has 3 rings (SSSR count). The van der Waals surface area contributed by atoms with Crippen LogP contribution in [0.5, 0.6) is 0 Å². The van der Waals surface area contributed by atoms with Gasteiger partial charge in [0.2, 0.25) is 0 Å². The van der Waals surface area contributed by atoms with Gasteiger partial charge in [-0.2, -0.15) is 5.10 Å². The van der Waals surface area contributed by atoms with Crippen molar-refractivity contribution in [2.24, 2.45) is 5.92 Å². The molecule has 0 aliphatic carbocycles. The van der Waals surface area contributed by atoms with Crippen LogP contribution in [0, 0.1) is 5.92 Å². The van der Waals surface area contributed by atoms with E-state index in [4.69, 9.17) is 4.74 Å². The van der Waals surface area contributed by atoms with Gasteiger partial charge in [-0.1, -0.05) is 18.2 Å².